The maximum atomic E-state index is 13.4. The summed E-state index contributed by atoms with van der Waals surface area (Å²) < 4.78 is 13.4. The minimum absolute atomic E-state index is 0.136. The second kappa shape index (κ2) is 6.70. The topological polar surface area (TPSA) is 61.4 Å². The van der Waals surface area contributed by atoms with E-state index < -0.39 is 5.60 Å². The first-order valence-electron chi connectivity index (χ1n) is 7.07. The molecule has 3 N–H and O–H groups in total. The van der Waals surface area contributed by atoms with Crippen molar-refractivity contribution in [1.29, 1.82) is 0 Å². The zero-order chi connectivity index (χ0) is 14.4. The molecule has 20 heavy (non-hydrogen) atoms. The molecule has 0 atom stereocenters. The third-order valence-electron chi connectivity index (χ3n) is 3.76. The normalized spacial score (nSPS) is 17.5. The molecule has 0 heterocycles. The van der Waals surface area contributed by atoms with Crippen molar-refractivity contribution in [1.82, 2.24) is 10.6 Å². The van der Waals surface area contributed by atoms with Crippen LogP contribution in [0.25, 0.3) is 0 Å². The summed E-state index contributed by atoms with van der Waals surface area (Å²) in [4.78, 5) is 11.7. The number of hydrogen-bond donors (Lipinski definition) is 3. The molecule has 0 unspecified atom stereocenters. The Morgan fingerprint density at radius 2 is 1.90 bits per heavy atom. The van der Waals surface area contributed by atoms with Crippen LogP contribution in [0.5, 0.6) is 0 Å². The summed E-state index contributed by atoms with van der Waals surface area (Å²) in [5.74, 6) is -0.335. The number of amides is 2. The molecule has 1 saturated carbocycles. The maximum absolute atomic E-state index is 13.4. The van der Waals surface area contributed by atoms with Gasteiger partial charge in [-0.2, -0.15) is 0 Å². The summed E-state index contributed by atoms with van der Waals surface area (Å²) in [7, 11) is 0. The van der Waals surface area contributed by atoms with E-state index in [0.29, 0.717) is 5.56 Å². The Morgan fingerprint density at radius 1 is 1.20 bits per heavy atom. The Balaban J connectivity index is 1.74. The van der Waals surface area contributed by atoms with Crippen molar-refractivity contribution in [3.05, 3.63) is 35.6 Å². The summed E-state index contributed by atoms with van der Waals surface area (Å²) in [5.41, 5.74) is -0.341. The lowest BCUT2D eigenvalue weighted by Crippen LogP contribution is -2.47. The van der Waals surface area contributed by atoms with Gasteiger partial charge in [0.2, 0.25) is 0 Å². The molecule has 0 radical (unpaired) electrons. The number of rotatable bonds is 4. The molecule has 0 saturated heterocycles. The van der Waals surface area contributed by atoms with E-state index >= 15 is 0 Å². The Kier molecular flexibility index (Phi) is 4.95. The van der Waals surface area contributed by atoms with Crippen LogP contribution in [0.15, 0.2) is 24.3 Å². The van der Waals surface area contributed by atoms with Crippen LogP contribution in [0.1, 0.15) is 37.7 Å². The summed E-state index contributed by atoms with van der Waals surface area (Å²) in [5, 5.41) is 15.5. The number of benzene rings is 1. The first-order valence-corrected chi connectivity index (χ1v) is 7.07. The summed E-state index contributed by atoms with van der Waals surface area (Å²) in [6.45, 7) is 0.382. The third-order valence-corrected chi connectivity index (χ3v) is 3.76. The van der Waals surface area contributed by atoms with Gasteiger partial charge < -0.3 is 15.7 Å². The van der Waals surface area contributed by atoms with Gasteiger partial charge in [-0.15, -0.1) is 0 Å². The molecule has 1 aliphatic rings. The molecule has 0 aliphatic heterocycles. The van der Waals surface area contributed by atoms with Crippen molar-refractivity contribution in [2.45, 2.75) is 44.2 Å². The number of halogens is 1. The minimum atomic E-state index is -0.784. The van der Waals surface area contributed by atoms with Crippen LogP contribution < -0.4 is 10.6 Å². The van der Waals surface area contributed by atoms with Crippen LogP contribution >= 0.6 is 0 Å². The fourth-order valence-electron chi connectivity index (χ4n) is 2.51. The van der Waals surface area contributed by atoms with Gasteiger partial charge in [-0.1, -0.05) is 37.5 Å². The summed E-state index contributed by atoms with van der Waals surface area (Å²) in [6.07, 6.45) is 4.58. The van der Waals surface area contributed by atoms with Gasteiger partial charge in [0.15, 0.2) is 0 Å². The molecule has 5 heteroatoms. The van der Waals surface area contributed by atoms with Gasteiger partial charge in [0, 0.05) is 18.7 Å². The van der Waals surface area contributed by atoms with Gasteiger partial charge in [0.1, 0.15) is 5.82 Å². The maximum Gasteiger partial charge on any atom is 0.315 e. The zero-order valence-electron chi connectivity index (χ0n) is 11.5. The highest BCUT2D eigenvalue weighted by atomic mass is 19.1. The molecule has 2 amide bonds. The van der Waals surface area contributed by atoms with Crippen LogP contribution in [0, 0.1) is 5.82 Å². The molecule has 1 aromatic carbocycles. The SMILES string of the molecule is O=C(NCc1ccccc1F)NCC1(O)CCCCC1. The molecule has 1 aromatic rings. The van der Waals surface area contributed by atoms with E-state index in [9.17, 15) is 14.3 Å². The molecular weight excluding hydrogens is 259 g/mol. The van der Waals surface area contributed by atoms with Gasteiger partial charge in [-0.3, -0.25) is 0 Å². The Hall–Kier alpha value is -1.62. The predicted octanol–water partition coefficient (Wildman–Crippen LogP) is 2.32. The van der Waals surface area contributed by atoms with Crippen LogP contribution in [0.4, 0.5) is 9.18 Å². The second-order valence-corrected chi connectivity index (χ2v) is 5.41. The number of carbonyl (C=O) groups is 1. The second-order valence-electron chi connectivity index (χ2n) is 5.41. The fraction of sp³-hybridized carbons (Fsp3) is 0.533. The first kappa shape index (κ1) is 14.8. The van der Waals surface area contributed by atoms with Gasteiger partial charge >= 0.3 is 6.03 Å². The first-order chi connectivity index (χ1) is 9.59. The van der Waals surface area contributed by atoms with Crippen molar-refractivity contribution >= 4 is 6.03 Å². The highest BCUT2D eigenvalue weighted by molar-refractivity contribution is 5.73. The van der Waals surface area contributed by atoms with E-state index in [1.54, 1.807) is 18.2 Å². The Morgan fingerprint density at radius 3 is 2.60 bits per heavy atom. The zero-order valence-corrected chi connectivity index (χ0v) is 11.5. The molecule has 4 nitrogen and oxygen atoms in total. The molecule has 2 rings (SSSR count). The third kappa shape index (κ3) is 4.20. The van der Waals surface area contributed by atoms with E-state index in [0.717, 1.165) is 32.1 Å². The number of aliphatic hydroxyl groups is 1. The molecular formula is C15H21FN2O2. The highest BCUT2D eigenvalue weighted by Gasteiger charge is 2.29. The highest BCUT2D eigenvalue weighted by Crippen LogP contribution is 2.27. The summed E-state index contributed by atoms with van der Waals surface area (Å²) >= 11 is 0. The van der Waals surface area contributed by atoms with Crippen molar-refractivity contribution in [2.75, 3.05) is 6.54 Å². The molecule has 0 spiro atoms. The van der Waals surface area contributed by atoms with E-state index in [-0.39, 0.29) is 24.9 Å². The number of carbonyl (C=O) groups excluding carboxylic acids is 1. The summed E-state index contributed by atoms with van der Waals surface area (Å²) in [6, 6.07) is 5.94. The van der Waals surface area contributed by atoms with E-state index in [4.69, 9.17) is 0 Å². The lowest BCUT2D eigenvalue weighted by atomic mass is 9.85. The number of urea groups is 1. The molecule has 1 fully saturated rings. The van der Waals surface area contributed by atoms with Gasteiger partial charge in [-0.05, 0) is 18.9 Å². The average Bonchev–Trinajstić information content (AvgIpc) is 2.45. The standard InChI is InChI=1S/C15H21FN2O2/c16-13-7-3-2-6-12(13)10-17-14(19)18-11-15(20)8-4-1-5-9-15/h2-3,6-7,20H,1,4-5,8-11H2,(H2,17,18,19). The monoisotopic (exact) mass is 280 g/mol. The predicted molar refractivity (Wildman–Crippen MR) is 74.7 cm³/mol. The van der Waals surface area contributed by atoms with Gasteiger partial charge in [0.05, 0.1) is 5.60 Å². The van der Waals surface area contributed by atoms with Crippen molar-refractivity contribution in [3.63, 3.8) is 0 Å². The van der Waals surface area contributed by atoms with Crippen LogP contribution in [0.2, 0.25) is 0 Å². The van der Waals surface area contributed by atoms with E-state index in [1.165, 1.54) is 6.07 Å². The van der Waals surface area contributed by atoms with Crippen LogP contribution in [-0.2, 0) is 6.54 Å². The molecule has 1 aliphatic carbocycles. The molecule has 110 valence electrons. The fourth-order valence-corrected chi connectivity index (χ4v) is 2.51. The minimum Gasteiger partial charge on any atom is -0.388 e. The van der Waals surface area contributed by atoms with Crippen LogP contribution in [0.3, 0.4) is 0 Å². The number of nitrogens with one attached hydrogen (secondary N) is 2. The quantitative estimate of drug-likeness (QED) is 0.792. The van der Waals surface area contributed by atoms with E-state index in [2.05, 4.69) is 10.6 Å². The van der Waals surface area contributed by atoms with Crippen LogP contribution in [-0.4, -0.2) is 23.3 Å². The molecule has 0 aromatic heterocycles. The Bertz CT molecular complexity index is 459. The Labute approximate surface area is 118 Å². The molecule has 0 bridgehead atoms. The van der Waals surface area contributed by atoms with E-state index in [1.807, 2.05) is 0 Å². The average molecular weight is 280 g/mol. The van der Waals surface area contributed by atoms with Crippen molar-refractivity contribution in [2.24, 2.45) is 0 Å². The van der Waals surface area contributed by atoms with Crippen molar-refractivity contribution in [3.8, 4) is 0 Å². The lowest BCUT2D eigenvalue weighted by molar-refractivity contribution is 0.00719. The number of hydrogen-bond acceptors (Lipinski definition) is 2. The smallest absolute Gasteiger partial charge is 0.315 e. The largest absolute Gasteiger partial charge is 0.388 e. The lowest BCUT2D eigenvalue weighted by Gasteiger charge is -2.32. The van der Waals surface area contributed by atoms with Gasteiger partial charge in [0.25, 0.3) is 0 Å². The van der Waals surface area contributed by atoms with Crippen molar-refractivity contribution < 1.29 is 14.3 Å². The van der Waals surface area contributed by atoms with Gasteiger partial charge in [-0.25, -0.2) is 9.18 Å².